The first-order chi connectivity index (χ1) is 7.83. The van der Waals surface area contributed by atoms with Crippen LogP contribution >= 0.6 is 0 Å². The van der Waals surface area contributed by atoms with E-state index in [1.807, 2.05) is 19.3 Å². The van der Waals surface area contributed by atoms with Gasteiger partial charge in [0.1, 0.15) is 0 Å². The van der Waals surface area contributed by atoms with E-state index in [9.17, 15) is 0 Å². The molecule has 0 radical (unpaired) electrons. The third-order valence-corrected chi connectivity index (χ3v) is 2.67. The first-order valence-corrected chi connectivity index (χ1v) is 5.47. The van der Waals surface area contributed by atoms with Crippen LogP contribution < -0.4 is 5.32 Å². The van der Waals surface area contributed by atoms with Crippen LogP contribution in [-0.4, -0.2) is 12.0 Å². The van der Waals surface area contributed by atoms with Crippen molar-refractivity contribution < 1.29 is 0 Å². The molecule has 0 aliphatic rings. The molecule has 0 spiro atoms. The number of hydrogen-bond acceptors (Lipinski definition) is 2. The van der Waals surface area contributed by atoms with Crippen LogP contribution in [0.15, 0.2) is 42.6 Å². The summed E-state index contributed by atoms with van der Waals surface area (Å²) >= 11 is 0. The zero-order valence-corrected chi connectivity index (χ0v) is 9.70. The van der Waals surface area contributed by atoms with E-state index in [4.69, 9.17) is 0 Å². The minimum Gasteiger partial charge on any atom is -0.314 e. The van der Waals surface area contributed by atoms with Crippen LogP contribution in [0.2, 0.25) is 0 Å². The van der Waals surface area contributed by atoms with E-state index in [-0.39, 0.29) is 0 Å². The molecule has 0 unspecified atom stereocenters. The Morgan fingerprint density at radius 2 is 1.81 bits per heavy atom. The predicted octanol–water partition coefficient (Wildman–Crippen LogP) is 2.78. The topological polar surface area (TPSA) is 24.9 Å². The Bertz CT molecular complexity index is 478. The third-order valence-electron chi connectivity index (χ3n) is 2.67. The quantitative estimate of drug-likeness (QED) is 0.846. The molecule has 2 heteroatoms. The van der Waals surface area contributed by atoms with Gasteiger partial charge in [0, 0.05) is 18.3 Å². The fourth-order valence-electron chi connectivity index (χ4n) is 1.87. The second-order valence-corrected chi connectivity index (χ2v) is 3.84. The van der Waals surface area contributed by atoms with Gasteiger partial charge < -0.3 is 5.32 Å². The fourth-order valence-corrected chi connectivity index (χ4v) is 1.87. The van der Waals surface area contributed by atoms with Crippen LogP contribution in [0.4, 0.5) is 0 Å². The summed E-state index contributed by atoms with van der Waals surface area (Å²) in [6, 6.07) is 12.5. The Labute approximate surface area is 96.4 Å². The van der Waals surface area contributed by atoms with E-state index in [0.29, 0.717) is 0 Å². The highest BCUT2D eigenvalue weighted by atomic mass is 14.8. The molecule has 0 bridgehead atoms. The van der Waals surface area contributed by atoms with Crippen molar-refractivity contribution in [3.05, 3.63) is 53.9 Å². The second kappa shape index (κ2) is 4.90. The fraction of sp³-hybridized carbons (Fsp3) is 0.214. The molecule has 1 N–H and O–H groups in total. The van der Waals surface area contributed by atoms with Crippen molar-refractivity contribution in [2.75, 3.05) is 7.05 Å². The first-order valence-electron chi connectivity index (χ1n) is 5.47. The summed E-state index contributed by atoms with van der Waals surface area (Å²) in [4.78, 5) is 4.42. The van der Waals surface area contributed by atoms with Crippen LogP contribution in [0.5, 0.6) is 0 Å². The van der Waals surface area contributed by atoms with Crippen LogP contribution in [0, 0.1) is 6.92 Å². The molecule has 2 rings (SSSR count). The van der Waals surface area contributed by atoms with Gasteiger partial charge in [-0.3, -0.25) is 4.98 Å². The average Bonchev–Trinajstić information content (AvgIpc) is 2.31. The lowest BCUT2D eigenvalue weighted by Gasteiger charge is -2.10. The van der Waals surface area contributed by atoms with Gasteiger partial charge in [0.25, 0.3) is 0 Å². The van der Waals surface area contributed by atoms with Crippen LogP contribution in [0.25, 0.3) is 11.1 Å². The molecule has 0 saturated heterocycles. The molecule has 16 heavy (non-hydrogen) atoms. The summed E-state index contributed by atoms with van der Waals surface area (Å²) in [7, 11) is 1.94. The molecular formula is C14H16N2. The number of nitrogens with one attached hydrogen (secondary N) is 1. The van der Waals surface area contributed by atoms with Crippen molar-refractivity contribution in [3.63, 3.8) is 0 Å². The van der Waals surface area contributed by atoms with Gasteiger partial charge in [-0.15, -0.1) is 0 Å². The molecule has 0 aliphatic carbocycles. The molecule has 0 amide bonds. The molecule has 2 nitrogen and oxygen atoms in total. The van der Waals surface area contributed by atoms with Gasteiger partial charge in [-0.05, 0) is 31.2 Å². The highest BCUT2D eigenvalue weighted by Gasteiger charge is 2.06. The maximum atomic E-state index is 4.42. The number of aromatic nitrogens is 1. The summed E-state index contributed by atoms with van der Waals surface area (Å²) in [5.74, 6) is 0. The average molecular weight is 212 g/mol. The monoisotopic (exact) mass is 212 g/mol. The smallest absolute Gasteiger partial charge is 0.0619 e. The normalized spacial score (nSPS) is 10.4. The number of aryl methyl sites for hydroxylation is 1. The van der Waals surface area contributed by atoms with Gasteiger partial charge in [0.15, 0.2) is 0 Å². The van der Waals surface area contributed by atoms with Crippen LogP contribution in [0.3, 0.4) is 0 Å². The number of benzene rings is 1. The molecular weight excluding hydrogens is 196 g/mol. The van der Waals surface area contributed by atoms with E-state index < -0.39 is 0 Å². The molecule has 1 aromatic carbocycles. The van der Waals surface area contributed by atoms with Gasteiger partial charge in [-0.1, -0.05) is 30.3 Å². The summed E-state index contributed by atoms with van der Waals surface area (Å²) in [6.07, 6.45) is 1.84. The van der Waals surface area contributed by atoms with Gasteiger partial charge >= 0.3 is 0 Å². The minimum atomic E-state index is 0.796. The second-order valence-electron chi connectivity index (χ2n) is 3.84. The van der Waals surface area contributed by atoms with Crippen molar-refractivity contribution in [1.29, 1.82) is 0 Å². The molecule has 1 aromatic heterocycles. The van der Waals surface area contributed by atoms with Gasteiger partial charge in [0.2, 0.25) is 0 Å². The molecule has 1 heterocycles. The van der Waals surface area contributed by atoms with Crippen LogP contribution in [0.1, 0.15) is 11.3 Å². The van der Waals surface area contributed by atoms with Gasteiger partial charge in [-0.2, -0.15) is 0 Å². The van der Waals surface area contributed by atoms with E-state index in [2.05, 4.69) is 47.6 Å². The molecule has 82 valence electrons. The lowest BCUT2D eigenvalue weighted by molar-refractivity contribution is 0.793. The zero-order chi connectivity index (χ0) is 11.4. The molecule has 0 saturated carbocycles. The van der Waals surface area contributed by atoms with Crippen molar-refractivity contribution in [2.24, 2.45) is 0 Å². The Kier molecular flexibility index (Phi) is 3.32. The summed E-state index contributed by atoms with van der Waals surface area (Å²) in [6.45, 7) is 2.93. The molecule has 0 atom stereocenters. The maximum absolute atomic E-state index is 4.42. The number of rotatable bonds is 3. The lowest BCUT2D eigenvalue weighted by Crippen LogP contribution is -2.08. The Morgan fingerprint density at radius 3 is 2.56 bits per heavy atom. The van der Waals surface area contributed by atoms with E-state index in [1.54, 1.807) is 0 Å². The van der Waals surface area contributed by atoms with E-state index in [0.717, 1.165) is 12.2 Å². The standard InChI is InChI=1S/C14H16N2/c1-11-6-3-4-7-12(11)13-8-5-9-16-14(13)10-15-2/h3-9,15H,10H2,1-2H3. The highest BCUT2D eigenvalue weighted by molar-refractivity contribution is 5.69. The first kappa shape index (κ1) is 10.8. The van der Waals surface area contributed by atoms with E-state index >= 15 is 0 Å². The van der Waals surface area contributed by atoms with Gasteiger partial charge in [-0.25, -0.2) is 0 Å². The minimum absolute atomic E-state index is 0.796. The Hall–Kier alpha value is -1.67. The molecule has 0 fully saturated rings. The molecule has 0 aliphatic heterocycles. The van der Waals surface area contributed by atoms with Crippen molar-refractivity contribution >= 4 is 0 Å². The highest BCUT2D eigenvalue weighted by Crippen LogP contribution is 2.25. The van der Waals surface area contributed by atoms with Crippen molar-refractivity contribution in [3.8, 4) is 11.1 Å². The summed E-state index contributed by atoms with van der Waals surface area (Å²) < 4.78 is 0. The largest absolute Gasteiger partial charge is 0.314 e. The SMILES string of the molecule is CNCc1ncccc1-c1ccccc1C. The van der Waals surface area contributed by atoms with E-state index in [1.165, 1.54) is 16.7 Å². The Balaban J connectivity index is 2.51. The van der Waals surface area contributed by atoms with Crippen molar-refractivity contribution in [2.45, 2.75) is 13.5 Å². The zero-order valence-electron chi connectivity index (χ0n) is 9.70. The maximum Gasteiger partial charge on any atom is 0.0619 e. The number of nitrogens with zero attached hydrogens (tertiary/aromatic N) is 1. The third kappa shape index (κ3) is 2.12. The lowest BCUT2D eigenvalue weighted by atomic mass is 9.99. The molecule has 2 aromatic rings. The van der Waals surface area contributed by atoms with Crippen LogP contribution in [-0.2, 0) is 6.54 Å². The number of pyridine rings is 1. The predicted molar refractivity (Wildman–Crippen MR) is 67.2 cm³/mol. The number of hydrogen-bond donors (Lipinski definition) is 1. The van der Waals surface area contributed by atoms with Crippen molar-refractivity contribution in [1.82, 2.24) is 10.3 Å². The summed E-state index contributed by atoms with van der Waals surface area (Å²) in [5, 5.41) is 3.15. The summed E-state index contributed by atoms with van der Waals surface area (Å²) in [5.41, 5.74) is 4.86. The van der Waals surface area contributed by atoms with Gasteiger partial charge in [0.05, 0.1) is 5.69 Å². The Morgan fingerprint density at radius 1 is 1.06 bits per heavy atom.